The molecule has 5 rings (SSSR count). The van der Waals surface area contributed by atoms with Crippen molar-refractivity contribution in [3.05, 3.63) is 47.5 Å². The van der Waals surface area contributed by atoms with Crippen molar-refractivity contribution in [1.29, 1.82) is 0 Å². The van der Waals surface area contributed by atoms with Crippen LogP contribution in [-0.2, 0) is 22.3 Å². The SMILES string of the molecule is CN1C(=O)C=C[C@]2(C)[C@H]3CC[C@]4(C)[C@@H](C(=O)NCc5ccccc5C(F)(F)F)CC[C@H]4[C@@H]3CC[C@@H]12. The van der Waals surface area contributed by atoms with Crippen molar-refractivity contribution in [3.8, 4) is 0 Å². The fourth-order valence-corrected chi connectivity index (χ4v) is 8.43. The maximum absolute atomic E-state index is 13.4. The van der Waals surface area contributed by atoms with E-state index < -0.39 is 11.7 Å². The van der Waals surface area contributed by atoms with E-state index in [4.69, 9.17) is 0 Å². The van der Waals surface area contributed by atoms with E-state index in [1.807, 2.05) is 11.9 Å². The Morgan fingerprint density at radius 3 is 2.57 bits per heavy atom. The van der Waals surface area contributed by atoms with Gasteiger partial charge in [-0.1, -0.05) is 38.1 Å². The minimum Gasteiger partial charge on any atom is -0.352 e. The minimum absolute atomic E-state index is 0.0471. The van der Waals surface area contributed by atoms with Crippen LogP contribution in [-0.4, -0.2) is 29.8 Å². The zero-order chi connectivity index (χ0) is 25.2. The number of carbonyl (C=O) groups is 2. The number of halogens is 3. The van der Waals surface area contributed by atoms with E-state index in [2.05, 4.69) is 25.2 Å². The molecule has 3 aliphatic carbocycles. The summed E-state index contributed by atoms with van der Waals surface area (Å²) >= 11 is 0. The molecule has 1 aromatic carbocycles. The van der Waals surface area contributed by atoms with Crippen LogP contribution in [0.15, 0.2) is 36.4 Å². The molecule has 3 fully saturated rings. The summed E-state index contributed by atoms with van der Waals surface area (Å²) in [6.45, 7) is 4.42. The molecule has 0 radical (unpaired) electrons. The first-order chi connectivity index (χ1) is 16.5. The molecule has 0 unspecified atom stereocenters. The number of hydrogen-bond acceptors (Lipinski definition) is 2. The van der Waals surface area contributed by atoms with Gasteiger partial charge in [-0.2, -0.15) is 13.2 Å². The van der Waals surface area contributed by atoms with Gasteiger partial charge in [0.2, 0.25) is 11.8 Å². The van der Waals surface area contributed by atoms with Gasteiger partial charge in [-0.15, -0.1) is 0 Å². The Balaban J connectivity index is 1.32. The highest BCUT2D eigenvalue weighted by Crippen LogP contribution is 2.65. The van der Waals surface area contributed by atoms with E-state index in [1.54, 1.807) is 12.1 Å². The first-order valence-corrected chi connectivity index (χ1v) is 12.9. The lowest BCUT2D eigenvalue weighted by molar-refractivity contribution is -0.142. The molecular weight excluding hydrogens is 453 g/mol. The molecule has 0 aromatic heterocycles. The van der Waals surface area contributed by atoms with Gasteiger partial charge in [0.1, 0.15) is 0 Å². The number of carbonyl (C=O) groups excluding carboxylic acids is 2. The van der Waals surface area contributed by atoms with Crippen LogP contribution in [0.25, 0.3) is 0 Å². The third-order valence-electron chi connectivity index (χ3n) is 10.2. The Labute approximate surface area is 205 Å². The maximum Gasteiger partial charge on any atom is 0.416 e. The molecule has 1 aromatic rings. The van der Waals surface area contributed by atoms with Crippen LogP contribution in [0.1, 0.15) is 63.5 Å². The predicted molar refractivity (Wildman–Crippen MR) is 127 cm³/mol. The predicted octanol–water partition coefficient (Wildman–Crippen LogP) is 5.58. The molecule has 1 aliphatic heterocycles. The van der Waals surface area contributed by atoms with Crippen molar-refractivity contribution < 1.29 is 22.8 Å². The van der Waals surface area contributed by atoms with Crippen LogP contribution in [0.5, 0.6) is 0 Å². The normalized spacial score (nSPS) is 38.5. The Morgan fingerprint density at radius 1 is 1.09 bits per heavy atom. The molecule has 4 aliphatic rings. The highest BCUT2D eigenvalue weighted by molar-refractivity contribution is 5.89. The van der Waals surface area contributed by atoms with Crippen LogP contribution >= 0.6 is 0 Å². The second-order valence-electron chi connectivity index (χ2n) is 11.7. The Kier molecular flexibility index (Phi) is 5.84. The van der Waals surface area contributed by atoms with Gasteiger partial charge >= 0.3 is 6.18 Å². The topological polar surface area (TPSA) is 49.4 Å². The van der Waals surface area contributed by atoms with Crippen molar-refractivity contribution in [2.75, 3.05) is 7.05 Å². The zero-order valence-corrected chi connectivity index (χ0v) is 20.7. The molecule has 2 amide bonds. The van der Waals surface area contributed by atoms with Gasteiger partial charge in [-0.25, -0.2) is 0 Å². The minimum atomic E-state index is -4.44. The number of amides is 2. The number of rotatable bonds is 3. The molecule has 3 saturated carbocycles. The summed E-state index contributed by atoms with van der Waals surface area (Å²) < 4.78 is 40.1. The monoisotopic (exact) mass is 488 g/mol. The summed E-state index contributed by atoms with van der Waals surface area (Å²) in [6.07, 6.45) is 5.19. The molecule has 190 valence electrons. The molecule has 7 heteroatoms. The van der Waals surface area contributed by atoms with E-state index in [0.717, 1.165) is 44.6 Å². The largest absolute Gasteiger partial charge is 0.416 e. The molecule has 0 saturated heterocycles. The summed E-state index contributed by atoms with van der Waals surface area (Å²) in [5.41, 5.74) is -0.775. The molecule has 7 atom stereocenters. The van der Waals surface area contributed by atoms with E-state index in [1.165, 1.54) is 12.1 Å². The summed E-state index contributed by atoms with van der Waals surface area (Å²) in [5.74, 6) is 1.19. The van der Waals surface area contributed by atoms with E-state index >= 15 is 0 Å². The van der Waals surface area contributed by atoms with E-state index in [0.29, 0.717) is 17.8 Å². The van der Waals surface area contributed by atoms with Gasteiger partial charge in [-0.3, -0.25) is 9.59 Å². The third kappa shape index (κ3) is 3.80. The van der Waals surface area contributed by atoms with Crippen molar-refractivity contribution in [2.24, 2.45) is 34.5 Å². The summed E-state index contributed by atoms with van der Waals surface area (Å²) in [7, 11) is 1.91. The molecule has 4 nitrogen and oxygen atoms in total. The quantitative estimate of drug-likeness (QED) is 0.604. The highest BCUT2D eigenvalue weighted by atomic mass is 19.4. The van der Waals surface area contributed by atoms with Gasteiger partial charge < -0.3 is 10.2 Å². The highest BCUT2D eigenvalue weighted by Gasteiger charge is 2.61. The second kappa shape index (κ2) is 8.38. The van der Waals surface area contributed by atoms with E-state index in [-0.39, 0.29) is 46.7 Å². The number of benzene rings is 1. The maximum atomic E-state index is 13.4. The van der Waals surface area contributed by atoms with Gasteiger partial charge in [0.25, 0.3) is 0 Å². The second-order valence-corrected chi connectivity index (χ2v) is 11.7. The Hall–Kier alpha value is -2.31. The molecule has 1 heterocycles. The molecule has 1 N–H and O–H groups in total. The van der Waals surface area contributed by atoms with Gasteiger partial charge in [0.15, 0.2) is 0 Å². The first-order valence-electron chi connectivity index (χ1n) is 12.9. The van der Waals surface area contributed by atoms with Crippen molar-refractivity contribution in [2.45, 2.75) is 71.1 Å². The van der Waals surface area contributed by atoms with Crippen LogP contribution in [0, 0.1) is 34.5 Å². The number of nitrogens with zero attached hydrogens (tertiary/aromatic N) is 1. The smallest absolute Gasteiger partial charge is 0.352 e. The lowest BCUT2D eigenvalue weighted by Gasteiger charge is -2.60. The lowest BCUT2D eigenvalue weighted by atomic mass is 9.47. The fourth-order valence-electron chi connectivity index (χ4n) is 8.43. The van der Waals surface area contributed by atoms with Gasteiger partial charge in [-0.05, 0) is 79.4 Å². The van der Waals surface area contributed by atoms with Crippen LogP contribution in [0.4, 0.5) is 13.2 Å². The van der Waals surface area contributed by atoms with Crippen molar-refractivity contribution in [1.82, 2.24) is 10.2 Å². The fraction of sp³-hybridized carbons (Fsp3) is 0.643. The number of likely N-dealkylation sites (N-methyl/N-ethyl adjacent to an activating group) is 1. The van der Waals surface area contributed by atoms with Crippen LogP contribution in [0.2, 0.25) is 0 Å². The number of nitrogens with one attached hydrogen (secondary N) is 1. The number of fused-ring (bicyclic) bond motifs is 5. The standard InChI is InChI=1S/C28H35F3N2O2/c1-26-14-12-21-18(8-11-23-27(21,2)15-13-24(34)33(23)3)20(26)9-10-22(26)25(35)32-16-17-6-4-5-7-19(17)28(29,30)31/h4-7,13,15,18,20-23H,8-12,14,16H2,1-3H3,(H,32,35)/t18-,20-,21-,22+,23+,26-,27+/m0/s1. The summed E-state index contributed by atoms with van der Waals surface area (Å²) in [4.78, 5) is 27.5. The average Bonchev–Trinajstić information content (AvgIpc) is 3.17. The Morgan fingerprint density at radius 2 is 1.83 bits per heavy atom. The summed E-state index contributed by atoms with van der Waals surface area (Å²) in [6, 6.07) is 5.68. The number of alkyl halides is 3. The molecule has 0 spiro atoms. The van der Waals surface area contributed by atoms with Crippen molar-refractivity contribution >= 4 is 11.8 Å². The van der Waals surface area contributed by atoms with E-state index in [9.17, 15) is 22.8 Å². The first kappa shape index (κ1) is 24.4. The summed E-state index contributed by atoms with van der Waals surface area (Å²) in [5, 5.41) is 2.85. The third-order valence-corrected chi connectivity index (χ3v) is 10.2. The molecule has 35 heavy (non-hydrogen) atoms. The average molecular weight is 489 g/mol. The lowest BCUT2D eigenvalue weighted by Crippen LogP contribution is -2.59. The van der Waals surface area contributed by atoms with Gasteiger partial charge in [0.05, 0.1) is 5.56 Å². The van der Waals surface area contributed by atoms with Crippen LogP contribution < -0.4 is 5.32 Å². The number of hydrogen-bond donors (Lipinski definition) is 1. The Bertz CT molecular complexity index is 1050. The zero-order valence-electron chi connectivity index (χ0n) is 20.7. The van der Waals surface area contributed by atoms with Crippen LogP contribution in [0.3, 0.4) is 0 Å². The molecular formula is C28H35F3N2O2. The molecule has 0 bridgehead atoms. The van der Waals surface area contributed by atoms with Crippen molar-refractivity contribution in [3.63, 3.8) is 0 Å². The van der Waals surface area contributed by atoms with Gasteiger partial charge in [0, 0.05) is 31.0 Å².